The zero-order chi connectivity index (χ0) is 14.7. The number of nitro groups is 1. The van der Waals surface area contributed by atoms with Crippen LogP contribution in [-0.2, 0) is 4.79 Å². The Bertz CT molecular complexity index is 601. The highest BCUT2D eigenvalue weighted by molar-refractivity contribution is 7.99. The molecule has 0 bridgehead atoms. The second-order valence-corrected chi connectivity index (χ2v) is 5.21. The highest BCUT2D eigenvalue weighted by Crippen LogP contribution is 2.31. The number of hydrogen-bond donors (Lipinski definition) is 1. The van der Waals surface area contributed by atoms with Crippen LogP contribution in [0.25, 0.3) is 0 Å². The lowest BCUT2D eigenvalue weighted by Gasteiger charge is -2.32. The molecule has 1 N–H and O–H groups in total. The summed E-state index contributed by atoms with van der Waals surface area (Å²) in [4.78, 5) is 27.0. The minimum Gasteiger partial charge on any atom is -0.480 e. The van der Waals surface area contributed by atoms with E-state index in [1.807, 2.05) is 0 Å². The maximum Gasteiger partial charge on any atom is 0.327 e. The number of pyridine rings is 1. The lowest BCUT2D eigenvalue weighted by atomic mass is 10.2. The zero-order valence-electron chi connectivity index (χ0n) is 10.2. The number of carbonyl (C=O) groups is 1. The molecule has 2 rings (SSSR count). The highest BCUT2D eigenvalue weighted by Gasteiger charge is 2.34. The molecule has 20 heavy (non-hydrogen) atoms. The lowest BCUT2D eigenvalue weighted by Crippen LogP contribution is -2.48. The summed E-state index contributed by atoms with van der Waals surface area (Å²) in [7, 11) is 0. The van der Waals surface area contributed by atoms with E-state index in [0.29, 0.717) is 18.1 Å². The molecule has 8 nitrogen and oxygen atoms in total. The van der Waals surface area contributed by atoms with Gasteiger partial charge in [-0.15, -0.1) is 0 Å². The fraction of sp³-hybridized carbons (Fsp3) is 0.364. The quantitative estimate of drug-likeness (QED) is 0.644. The Morgan fingerprint density at radius 3 is 3.05 bits per heavy atom. The van der Waals surface area contributed by atoms with Gasteiger partial charge in [-0.1, -0.05) is 0 Å². The third kappa shape index (κ3) is 2.65. The van der Waals surface area contributed by atoms with Crippen LogP contribution in [0.5, 0.6) is 0 Å². The molecule has 2 heterocycles. The zero-order valence-corrected chi connectivity index (χ0v) is 11.0. The summed E-state index contributed by atoms with van der Waals surface area (Å²) in [6, 6.07) is 2.04. The summed E-state index contributed by atoms with van der Waals surface area (Å²) < 4.78 is 0. The minimum atomic E-state index is -1.04. The summed E-state index contributed by atoms with van der Waals surface area (Å²) in [5.74, 6) is -0.0316. The van der Waals surface area contributed by atoms with Crippen molar-refractivity contribution in [1.82, 2.24) is 4.98 Å². The normalized spacial score (nSPS) is 18.4. The number of carboxylic acid groups (broad SMARTS) is 1. The maximum atomic E-state index is 11.2. The lowest BCUT2D eigenvalue weighted by molar-refractivity contribution is -0.384. The van der Waals surface area contributed by atoms with Crippen molar-refractivity contribution < 1.29 is 14.8 Å². The third-order valence-corrected chi connectivity index (χ3v) is 3.88. The molecule has 0 amide bonds. The van der Waals surface area contributed by atoms with Crippen molar-refractivity contribution in [3.8, 4) is 6.07 Å². The molecule has 1 fully saturated rings. The van der Waals surface area contributed by atoms with Gasteiger partial charge in [0.15, 0.2) is 0 Å². The Morgan fingerprint density at radius 2 is 2.45 bits per heavy atom. The van der Waals surface area contributed by atoms with Crippen LogP contribution in [0, 0.1) is 21.4 Å². The second kappa shape index (κ2) is 5.75. The number of aromatic nitrogens is 1. The van der Waals surface area contributed by atoms with E-state index in [0.717, 1.165) is 6.07 Å². The van der Waals surface area contributed by atoms with E-state index in [2.05, 4.69) is 4.98 Å². The largest absolute Gasteiger partial charge is 0.480 e. The van der Waals surface area contributed by atoms with Crippen LogP contribution in [0.1, 0.15) is 5.56 Å². The van der Waals surface area contributed by atoms with Crippen LogP contribution in [0.15, 0.2) is 12.3 Å². The van der Waals surface area contributed by atoms with Crippen LogP contribution >= 0.6 is 11.8 Å². The van der Waals surface area contributed by atoms with Crippen molar-refractivity contribution in [1.29, 1.82) is 5.26 Å². The number of hydrogen-bond acceptors (Lipinski definition) is 7. The second-order valence-electron chi connectivity index (χ2n) is 4.06. The van der Waals surface area contributed by atoms with Gasteiger partial charge in [-0.3, -0.25) is 10.1 Å². The van der Waals surface area contributed by atoms with Gasteiger partial charge in [0.2, 0.25) is 5.82 Å². The van der Waals surface area contributed by atoms with Crippen molar-refractivity contribution in [2.24, 2.45) is 0 Å². The molecule has 1 saturated heterocycles. The molecule has 1 aliphatic rings. The van der Waals surface area contributed by atoms with Gasteiger partial charge in [0.25, 0.3) is 0 Å². The van der Waals surface area contributed by atoms with E-state index in [4.69, 9.17) is 5.26 Å². The molecule has 104 valence electrons. The summed E-state index contributed by atoms with van der Waals surface area (Å²) in [5, 5.41) is 29.0. The van der Waals surface area contributed by atoms with Crippen molar-refractivity contribution in [2.45, 2.75) is 6.04 Å². The Balaban J connectivity index is 2.47. The van der Waals surface area contributed by atoms with Gasteiger partial charge in [-0.05, 0) is 0 Å². The Kier molecular flexibility index (Phi) is 4.05. The van der Waals surface area contributed by atoms with E-state index in [1.165, 1.54) is 22.9 Å². The fourth-order valence-electron chi connectivity index (χ4n) is 1.92. The highest BCUT2D eigenvalue weighted by atomic mass is 32.2. The van der Waals surface area contributed by atoms with Gasteiger partial charge in [0.05, 0.1) is 10.5 Å². The smallest absolute Gasteiger partial charge is 0.327 e. The molecule has 0 radical (unpaired) electrons. The molecule has 0 saturated carbocycles. The molecular weight excluding hydrogens is 284 g/mol. The van der Waals surface area contributed by atoms with E-state index < -0.39 is 16.9 Å². The average molecular weight is 294 g/mol. The van der Waals surface area contributed by atoms with Crippen LogP contribution in [0.3, 0.4) is 0 Å². The number of aliphatic carboxylic acids is 1. The summed E-state index contributed by atoms with van der Waals surface area (Å²) in [6.07, 6.45) is 1.21. The third-order valence-electron chi connectivity index (χ3n) is 2.86. The molecule has 1 aliphatic heterocycles. The molecule has 0 aromatic carbocycles. The molecule has 0 aliphatic carbocycles. The number of thioether (sulfide) groups is 1. The number of nitrogens with zero attached hydrogens (tertiary/aromatic N) is 4. The summed E-state index contributed by atoms with van der Waals surface area (Å²) in [5.41, 5.74) is -0.277. The van der Waals surface area contributed by atoms with Crippen molar-refractivity contribution in [2.75, 3.05) is 23.0 Å². The Hall–Kier alpha value is -2.34. The van der Waals surface area contributed by atoms with Crippen LogP contribution in [-0.4, -0.2) is 45.1 Å². The molecule has 1 aromatic rings. The van der Waals surface area contributed by atoms with E-state index in [9.17, 15) is 20.0 Å². The standard InChI is InChI=1S/C11H10N4O4S/c12-4-7-3-8(15(18)19)10(13-5-7)14-1-2-20-6-9(14)11(16)17/h3,5,9H,1-2,6H2,(H,16,17). The van der Waals surface area contributed by atoms with Crippen LogP contribution < -0.4 is 4.90 Å². The summed E-state index contributed by atoms with van der Waals surface area (Å²) >= 11 is 1.48. The first-order valence-electron chi connectivity index (χ1n) is 5.66. The van der Waals surface area contributed by atoms with E-state index >= 15 is 0 Å². The van der Waals surface area contributed by atoms with Crippen molar-refractivity contribution in [3.63, 3.8) is 0 Å². The number of rotatable bonds is 3. The Labute approximate surface area is 118 Å². The molecule has 0 spiro atoms. The predicted octanol–water partition coefficient (Wildman–Crippen LogP) is 0.868. The van der Waals surface area contributed by atoms with Gasteiger partial charge >= 0.3 is 11.7 Å². The molecule has 1 atom stereocenters. The van der Waals surface area contributed by atoms with Crippen LogP contribution in [0.2, 0.25) is 0 Å². The van der Waals surface area contributed by atoms with Crippen molar-refractivity contribution >= 4 is 29.2 Å². The number of anilines is 1. The van der Waals surface area contributed by atoms with Gasteiger partial charge < -0.3 is 10.0 Å². The molecular formula is C11H10N4O4S. The monoisotopic (exact) mass is 294 g/mol. The Morgan fingerprint density at radius 1 is 1.70 bits per heavy atom. The number of nitriles is 1. The maximum absolute atomic E-state index is 11.2. The average Bonchev–Trinajstić information content (AvgIpc) is 2.46. The van der Waals surface area contributed by atoms with Gasteiger partial charge in [0, 0.05) is 30.3 Å². The predicted molar refractivity (Wildman–Crippen MR) is 71.7 cm³/mol. The van der Waals surface area contributed by atoms with Gasteiger partial charge in [0.1, 0.15) is 12.1 Å². The van der Waals surface area contributed by atoms with E-state index in [-0.39, 0.29) is 17.1 Å². The first kappa shape index (κ1) is 14.1. The first-order valence-corrected chi connectivity index (χ1v) is 6.81. The van der Waals surface area contributed by atoms with E-state index in [1.54, 1.807) is 6.07 Å². The SMILES string of the molecule is N#Cc1cnc(N2CCSCC2C(=O)O)c([N+](=O)[O-])c1. The molecule has 1 aromatic heterocycles. The molecule has 1 unspecified atom stereocenters. The van der Waals surface area contributed by atoms with Gasteiger partial charge in [-0.25, -0.2) is 9.78 Å². The minimum absolute atomic E-state index is 0.00157. The molecule has 9 heteroatoms. The van der Waals surface area contributed by atoms with Crippen LogP contribution in [0.4, 0.5) is 11.5 Å². The van der Waals surface area contributed by atoms with Crippen molar-refractivity contribution in [3.05, 3.63) is 27.9 Å². The first-order chi connectivity index (χ1) is 9.54. The summed E-state index contributed by atoms with van der Waals surface area (Å²) in [6.45, 7) is 0.362. The van der Waals surface area contributed by atoms with Gasteiger partial charge in [-0.2, -0.15) is 17.0 Å². The number of carboxylic acids is 1. The fourth-order valence-corrected chi connectivity index (χ4v) is 2.96. The topological polar surface area (TPSA) is 120 Å².